The van der Waals surface area contributed by atoms with E-state index in [1.165, 1.54) is 10.9 Å². The molecule has 0 aromatic carbocycles. The molecule has 0 spiro atoms. The molecule has 0 atom stereocenters. The lowest BCUT2D eigenvalue weighted by atomic mass is 10.2. The molecule has 0 aliphatic carbocycles. The van der Waals surface area contributed by atoms with Gasteiger partial charge in [0.15, 0.2) is 11.9 Å². The van der Waals surface area contributed by atoms with E-state index in [4.69, 9.17) is 0 Å². The van der Waals surface area contributed by atoms with Crippen LogP contribution in [-0.2, 0) is 7.05 Å². The summed E-state index contributed by atoms with van der Waals surface area (Å²) in [6.07, 6.45) is 3.65. The average molecular weight is 341 g/mol. The normalized spacial score (nSPS) is 10.8. The van der Waals surface area contributed by atoms with Gasteiger partial charge in [0.25, 0.3) is 5.91 Å². The summed E-state index contributed by atoms with van der Waals surface area (Å²) in [6, 6.07) is 3.52. The predicted molar refractivity (Wildman–Crippen MR) is 93.1 cm³/mol. The summed E-state index contributed by atoms with van der Waals surface area (Å²) >= 11 is 0. The maximum absolute atomic E-state index is 12.4. The number of amides is 1. The second-order valence-corrected chi connectivity index (χ2v) is 5.45. The summed E-state index contributed by atoms with van der Waals surface area (Å²) in [6.45, 7) is 5.70. The number of aryl methyl sites for hydroxylation is 1. The summed E-state index contributed by atoms with van der Waals surface area (Å²) < 4.78 is 2.98. The lowest BCUT2D eigenvalue weighted by Gasteiger charge is -2.14. The van der Waals surface area contributed by atoms with Crippen LogP contribution in [0.25, 0.3) is 5.65 Å². The summed E-state index contributed by atoms with van der Waals surface area (Å²) in [5.41, 5.74) is 1.68. The van der Waals surface area contributed by atoms with E-state index in [-0.39, 0.29) is 11.3 Å². The van der Waals surface area contributed by atoms with Crippen LogP contribution in [0.1, 0.15) is 34.7 Å². The molecule has 0 fully saturated rings. The topological polar surface area (TPSA) is 97.4 Å². The van der Waals surface area contributed by atoms with Gasteiger partial charge < -0.3 is 10.2 Å². The van der Waals surface area contributed by atoms with Crippen molar-refractivity contribution in [3.05, 3.63) is 35.8 Å². The van der Waals surface area contributed by atoms with Gasteiger partial charge in [-0.25, -0.2) is 4.52 Å². The van der Waals surface area contributed by atoms with E-state index in [1.807, 2.05) is 18.7 Å². The third-order valence-corrected chi connectivity index (χ3v) is 3.93. The highest BCUT2D eigenvalue weighted by atomic mass is 16.2. The van der Waals surface area contributed by atoms with E-state index in [1.54, 1.807) is 29.9 Å². The number of carbonyl (C=O) groups is 2. The van der Waals surface area contributed by atoms with Crippen molar-refractivity contribution in [3.63, 3.8) is 0 Å². The molecule has 3 rings (SSSR count). The molecule has 0 aliphatic heterocycles. The summed E-state index contributed by atoms with van der Waals surface area (Å²) in [5, 5.41) is 11.1. The molecule has 9 nitrogen and oxygen atoms in total. The highest BCUT2D eigenvalue weighted by molar-refractivity contribution is 6.07. The molecule has 0 bridgehead atoms. The standard InChI is InChI=1S/C16H19N7O2/c1-4-22(5-2)16-19-13-7-6-12(9-23(13)20-16)18-15(25)14-11(10-24)8-17-21(14)3/h6-10H,4-5H2,1-3H3,(H,18,25). The van der Waals surface area contributed by atoms with Crippen molar-refractivity contribution in [1.82, 2.24) is 24.4 Å². The van der Waals surface area contributed by atoms with E-state index < -0.39 is 5.91 Å². The minimum absolute atomic E-state index is 0.206. The molecule has 0 aliphatic rings. The largest absolute Gasteiger partial charge is 0.340 e. The highest BCUT2D eigenvalue weighted by Gasteiger charge is 2.17. The molecule has 0 unspecified atom stereocenters. The van der Waals surface area contributed by atoms with E-state index in [0.717, 1.165) is 13.1 Å². The minimum atomic E-state index is -0.412. The fourth-order valence-electron chi connectivity index (χ4n) is 2.59. The molecular weight excluding hydrogens is 322 g/mol. The van der Waals surface area contributed by atoms with Crippen LogP contribution in [0.2, 0.25) is 0 Å². The molecule has 9 heteroatoms. The first-order valence-corrected chi connectivity index (χ1v) is 7.97. The van der Waals surface area contributed by atoms with E-state index >= 15 is 0 Å². The number of hydrogen-bond donors (Lipinski definition) is 1. The Bertz CT molecular complexity index is 924. The molecule has 1 N–H and O–H groups in total. The molecule has 0 saturated heterocycles. The Labute approximate surface area is 144 Å². The van der Waals surface area contributed by atoms with Crippen LogP contribution in [0.5, 0.6) is 0 Å². The Balaban J connectivity index is 1.88. The fraction of sp³-hybridized carbons (Fsp3) is 0.312. The number of anilines is 2. The molecule has 3 aromatic rings. The number of aromatic nitrogens is 5. The number of fused-ring (bicyclic) bond motifs is 1. The van der Waals surface area contributed by atoms with Crippen LogP contribution >= 0.6 is 0 Å². The van der Waals surface area contributed by atoms with Gasteiger partial charge in [-0.05, 0) is 26.0 Å². The SMILES string of the molecule is CCN(CC)c1nc2ccc(NC(=O)c3c(C=O)cnn3C)cn2n1. The van der Waals surface area contributed by atoms with Crippen molar-refractivity contribution in [2.45, 2.75) is 13.8 Å². The number of pyridine rings is 1. The fourth-order valence-corrected chi connectivity index (χ4v) is 2.59. The molecule has 0 saturated carbocycles. The van der Waals surface area contributed by atoms with Gasteiger partial charge in [0.05, 0.1) is 23.6 Å². The maximum Gasteiger partial charge on any atom is 0.274 e. The first kappa shape index (κ1) is 16.6. The van der Waals surface area contributed by atoms with Crippen molar-refractivity contribution >= 4 is 29.5 Å². The van der Waals surface area contributed by atoms with Gasteiger partial charge in [-0.2, -0.15) is 10.1 Å². The lowest BCUT2D eigenvalue weighted by Crippen LogP contribution is -2.23. The van der Waals surface area contributed by atoms with Gasteiger partial charge in [-0.15, -0.1) is 5.10 Å². The first-order chi connectivity index (χ1) is 12.1. The quantitative estimate of drug-likeness (QED) is 0.680. The number of carbonyl (C=O) groups excluding carboxylic acids is 2. The summed E-state index contributed by atoms with van der Waals surface area (Å²) in [5.74, 6) is 0.230. The van der Waals surface area contributed by atoms with E-state index in [9.17, 15) is 9.59 Å². The third kappa shape index (κ3) is 3.08. The molecular formula is C16H19N7O2. The Kier molecular flexibility index (Phi) is 4.46. The van der Waals surface area contributed by atoms with E-state index in [0.29, 0.717) is 23.6 Å². The zero-order valence-corrected chi connectivity index (χ0v) is 14.3. The summed E-state index contributed by atoms with van der Waals surface area (Å²) in [7, 11) is 1.61. The van der Waals surface area contributed by atoms with Crippen LogP contribution in [0, 0.1) is 0 Å². The average Bonchev–Trinajstić information content (AvgIpc) is 3.18. The van der Waals surface area contributed by atoms with Crippen LogP contribution in [0.15, 0.2) is 24.5 Å². The van der Waals surface area contributed by atoms with Gasteiger partial charge >= 0.3 is 0 Å². The molecule has 3 heterocycles. The number of aldehydes is 1. The van der Waals surface area contributed by atoms with Gasteiger partial charge in [0, 0.05) is 20.1 Å². The number of rotatable bonds is 6. The first-order valence-electron chi connectivity index (χ1n) is 7.97. The molecule has 25 heavy (non-hydrogen) atoms. The Hall–Kier alpha value is -3.23. The van der Waals surface area contributed by atoms with Crippen molar-refractivity contribution in [2.24, 2.45) is 7.05 Å². The van der Waals surface area contributed by atoms with Gasteiger partial charge in [-0.1, -0.05) is 0 Å². The lowest BCUT2D eigenvalue weighted by molar-refractivity contribution is 0.101. The van der Waals surface area contributed by atoms with Crippen LogP contribution in [-0.4, -0.2) is 49.7 Å². The van der Waals surface area contributed by atoms with Crippen molar-refractivity contribution in [3.8, 4) is 0 Å². The number of hydrogen-bond acceptors (Lipinski definition) is 6. The predicted octanol–water partition coefficient (Wildman–Crippen LogP) is 1.37. The van der Waals surface area contributed by atoms with Crippen molar-refractivity contribution in [1.29, 1.82) is 0 Å². The van der Waals surface area contributed by atoms with Crippen LogP contribution in [0.4, 0.5) is 11.6 Å². The monoisotopic (exact) mass is 341 g/mol. The van der Waals surface area contributed by atoms with Gasteiger partial charge in [-0.3, -0.25) is 14.3 Å². The number of nitrogens with zero attached hydrogens (tertiary/aromatic N) is 6. The Morgan fingerprint density at radius 3 is 2.76 bits per heavy atom. The van der Waals surface area contributed by atoms with Crippen molar-refractivity contribution in [2.75, 3.05) is 23.3 Å². The van der Waals surface area contributed by atoms with Crippen molar-refractivity contribution < 1.29 is 9.59 Å². The molecule has 130 valence electrons. The third-order valence-electron chi connectivity index (χ3n) is 3.93. The Morgan fingerprint density at radius 2 is 2.08 bits per heavy atom. The second kappa shape index (κ2) is 6.71. The van der Waals surface area contributed by atoms with E-state index in [2.05, 4.69) is 20.5 Å². The van der Waals surface area contributed by atoms with Gasteiger partial charge in [0.1, 0.15) is 5.69 Å². The minimum Gasteiger partial charge on any atom is -0.340 e. The second-order valence-electron chi connectivity index (χ2n) is 5.45. The van der Waals surface area contributed by atoms with Crippen LogP contribution in [0.3, 0.4) is 0 Å². The Morgan fingerprint density at radius 1 is 1.32 bits per heavy atom. The summed E-state index contributed by atoms with van der Waals surface area (Å²) in [4.78, 5) is 30.0. The highest BCUT2D eigenvalue weighted by Crippen LogP contribution is 2.15. The van der Waals surface area contributed by atoms with Gasteiger partial charge in [0.2, 0.25) is 5.95 Å². The zero-order valence-electron chi connectivity index (χ0n) is 14.3. The molecule has 3 aromatic heterocycles. The smallest absolute Gasteiger partial charge is 0.274 e. The van der Waals surface area contributed by atoms with Crippen LogP contribution < -0.4 is 10.2 Å². The maximum atomic E-state index is 12.4. The molecule has 0 radical (unpaired) electrons. The molecule has 1 amide bonds. The zero-order chi connectivity index (χ0) is 18.0. The number of nitrogens with one attached hydrogen (secondary N) is 1.